The van der Waals surface area contributed by atoms with Crippen LogP contribution in [0.3, 0.4) is 0 Å². The maximum absolute atomic E-state index is 8.73. The Morgan fingerprint density at radius 1 is 1.56 bits per heavy atom. The summed E-state index contributed by atoms with van der Waals surface area (Å²) >= 11 is 5.79. The van der Waals surface area contributed by atoms with Gasteiger partial charge in [0.25, 0.3) is 0 Å². The molecular weight excluding hydrogens is 226 g/mol. The van der Waals surface area contributed by atoms with Gasteiger partial charge >= 0.3 is 0 Å². The Labute approximate surface area is 96.7 Å². The molecule has 0 aromatic carbocycles. The molecule has 0 amide bonds. The van der Waals surface area contributed by atoms with Crippen molar-refractivity contribution in [1.29, 1.82) is 5.26 Å². The van der Waals surface area contributed by atoms with Crippen LogP contribution in [0, 0.1) is 23.2 Å². The van der Waals surface area contributed by atoms with Gasteiger partial charge in [-0.15, -0.1) is 0 Å². The Balaban J connectivity index is 1.93. The average molecular weight is 234 g/mol. The van der Waals surface area contributed by atoms with Gasteiger partial charge in [0.2, 0.25) is 0 Å². The molecule has 2 heterocycles. The number of fused-ring (bicyclic) bond motifs is 1. The first-order chi connectivity index (χ1) is 7.78. The van der Waals surface area contributed by atoms with Gasteiger partial charge in [-0.25, -0.2) is 14.6 Å². The van der Waals surface area contributed by atoms with Crippen molar-refractivity contribution in [3.63, 3.8) is 0 Å². The summed E-state index contributed by atoms with van der Waals surface area (Å²) < 4.78 is 1.77. The van der Waals surface area contributed by atoms with Crippen LogP contribution in [0.25, 0.3) is 11.2 Å². The number of nitrogens with zero attached hydrogens (tertiary/aromatic N) is 5. The maximum atomic E-state index is 8.73. The van der Waals surface area contributed by atoms with Crippen LogP contribution < -0.4 is 0 Å². The van der Waals surface area contributed by atoms with Gasteiger partial charge < -0.3 is 0 Å². The van der Waals surface area contributed by atoms with Crippen molar-refractivity contribution < 1.29 is 0 Å². The predicted molar refractivity (Wildman–Crippen MR) is 57.5 cm³/mol. The first-order valence-electron chi connectivity index (χ1n) is 5.01. The van der Waals surface area contributed by atoms with E-state index in [-0.39, 0.29) is 5.92 Å². The van der Waals surface area contributed by atoms with E-state index >= 15 is 0 Å². The average Bonchev–Trinajstić information content (AvgIpc) is 2.93. The Kier molecular flexibility index (Phi) is 2.04. The molecule has 1 fully saturated rings. The van der Waals surface area contributed by atoms with Gasteiger partial charge in [0.15, 0.2) is 5.65 Å². The summed E-state index contributed by atoms with van der Waals surface area (Å²) in [6.07, 6.45) is 4.12. The van der Waals surface area contributed by atoms with E-state index in [1.165, 1.54) is 6.20 Å². The number of hydrogen-bond acceptors (Lipinski definition) is 4. The highest BCUT2D eigenvalue weighted by Crippen LogP contribution is 2.39. The smallest absolute Gasteiger partial charge is 0.178 e. The molecule has 2 aromatic rings. The lowest BCUT2D eigenvalue weighted by atomic mass is 10.3. The van der Waals surface area contributed by atoms with Gasteiger partial charge in [-0.3, -0.25) is 0 Å². The highest BCUT2D eigenvalue weighted by atomic mass is 35.5. The highest BCUT2D eigenvalue weighted by molar-refractivity contribution is 6.29. The van der Waals surface area contributed by atoms with Crippen molar-refractivity contribution in [2.75, 3.05) is 0 Å². The van der Waals surface area contributed by atoms with Crippen LogP contribution in [0.2, 0.25) is 5.15 Å². The Bertz CT molecular complexity index is 584. The Morgan fingerprint density at radius 2 is 2.44 bits per heavy atom. The maximum Gasteiger partial charge on any atom is 0.178 e. The van der Waals surface area contributed by atoms with Crippen molar-refractivity contribution in [3.05, 3.63) is 17.5 Å². The second kappa shape index (κ2) is 3.42. The topological polar surface area (TPSA) is 67.4 Å². The summed E-state index contributed by atoms with van der Waals surface area (Å²) in [5, 5.41) is 13.3. The van der Waals surface area contributed by atoms with Crippen molar-refractivity contribution >= 4 is 22.8 Å². The molecule has 80 valence electrons. The Hall–Kier alpha value is -1.67. The van der Waals surface area contributed by atoms with Gasteiger partial charge in [-0.05, 0) is 12.3 Å². The zero-order chi connectivity index (χ0) is 11.1. The minimum Gasteiger partial charge on any atom is -0.248 e. The quantitative estimate of drug-likeness (QED) is 0.791. The lowest BCUT2D eigenvalue weighted by Crippen LogP contribution is -2.03. The van der Waals surface area contributed by atoms with Crippen molar-refractivity contribution in [2.24, 2.45) is 11.8 Å². The van der Waals surface area contributed by atoms with E-state index in [0.717, 1.165) is 18.5 Å². The molecule has 2 aromatic heterocycles. The number of halogens is 1. The predicted octanol–water partition coefficient (Wildman–Crippen LogP) is 1.64. The van der Waals surface area contributed by atoms with Gasteiger partial charge in [-0.2, -0.15) is 10.4 Å². The molecule has 16 heavy (non-hydrogen) atoms. The molecule has 6 heteroatoms. The fourth-order valence-electron chi connectivity index (χ4n) is 1.79. The fraction of sp³-hybridized carbons (Fsp3) is 0.400. The van der Waals surface area contributed by atoms with Gasteiger partial charge in [0, 0.05) is 6.54 Å². The number of aromatic nitrogens is 4. The summed E-state index contributed by atoms with van der Waals surface area (Å²) in [6, 6.07) is 2.26. The molecule has 1 saturated carbocycles. The summed E-state index contributed by atoms with van der Waals surface area (Å²) in [5.74, 6) is 0.570. The van der Waals surface area contributed by atoms with Gasteiger partial charge in [0.05, 0.1) is 24.4 Å². The summed E-state index contributed by atoms with van der Waals surface area (Å²) in [6.45, 7) is 0.719. The zero-order valence-corrected chi connectivity index (χ0v) is 9.09. The highest BCUT2D eigenvalue weighted by Gasteiger charge is 2.37. The lowest BCUT2D eigenvalue weighted by molar-refractivity contribution is 0.562. The van der Waals surface area contributed by atoms with E-state index in [1.54, 1.807) is 10.9 Å². The molecule has 2 atom stereocenters. The van der Waals surface area contributed by atoms with Crippen molar-refractivity contribution in [1.82, 2.24) is 19.7 Å². The first-order valence-corrected chi connectivity index (χ1v) is 5.39. The molecule has 1 aliphatic carbocycles. The van der Waals surface area contributed by atoms with E-state index in [0.29, 0.717) is 16.7 Å². The second-order valence-electron chi connectivity index (χ2n) is 3.96. The molecule has 0 N–H and O–H groups in total. The van der Waals surface area contributed by atoms with E-state index in [4.69, 9.17) is 16.9 Å². The molecule has 0 spiro atoms. The standard InChI is InChI=1S/C10H8ClN5/c11-9-4-13-8-3-14-16(10(8)15-9)5-7-1-6(7)2-12/h3-4,6-7H,1,5H2/t6-,7-/m0/s1. The number of nitriles is 1. The third-order valence-corrected chi connectivity index (χ3v) is 2.99. The fourth-order valence-corrected chi connectivity index (χ4v) is 1.92. The van der Waals surface area contributed by atoms with Crippen LogP contribution in [0.5, 0.6) is 0 Å². The minimum atomic E-state index is 0.173. The van der Waals surface area contributed by atoms with Gasteiger partial charge in [0.1, 0.15) is 10.7 Å². The molecule has 0 bridgehead atoms. The van der Waals surface area contributed by atoms with E-state index in [9.17, 15) is 0 Å². The van der Waals surface area contributed by atoms with Gasteiger partial charge in [-0.1, -0.05) is 11.6 Å². The molecule has 0 saturated heterocycles. The summed E-state index contributed by atoms with van der Waals surface area (Å²) in [7, 11) is 0. The van der Waals surface area contributed by atoms with Crippen LogP contribution in [0.4, 0.5) is 0 Å². The number of rotatable bonds is 2. The van der Waals surface area contributed by atoms with Crippen molar-refractivity contribution in [3.8, 4) is 6.07 Å². The largest absolute Gasteiger partial charge is 0.248 e. The molecule has 0 radical (unpaired) electrons. The molecule has 3 rings (SSSR count). The molecule has 1 aliphatic rings. The van der Waals surface area contributed by atoms with Crippen molar-refractivity contribution in [2.45, 2.75) is 13.0 Å². The van der Waals surface area contributed by atoms with Crippen LogP contribution >= 0.6 is 11.6 Å². The summed E-state index contributed by atoms with van der Waals surface area (Å²) in [4.78, 5) is 8.31. The van der Waals surface area contributed by atoms with Crippen LogP contribution in [0.15, 0.2) is 12.4 Å². The second-order valence-corrected chi connectivity index (χ2v) is 4.35. The third-order valence-electron chi connectivity index (χ3n) is 2.81. The number of hydrogen-bond donors (Lipinski definition) is 0. The molecule has 0 aliphatic heterocycles. The summed E-state index contributed by atoms with van der Waals surface area (Å²) in [5.41, 5.74) is 1.43. The normalized spacial score (nSPS) is 23.2. The molecule has 0 unspecified atom stereocenters. The lowest BCUT2D eigenvalue weighted by Gasteiger charge is -2.00. The first kappa shape index (κ1) is 9.55. The third kappa shape index (κ3) is 1.51. The van der Waals surface area contributed by atoms with Crippen LogP contribution in [0.1, 0.15) is 6.42 Å². The molecular formula is C10H8ClN5. The molecule has 5 nitrogen and oxygen atoms in total. The van der Waals surface area contributed by atoms with Crippen LogP contribution in [-0.4, -0.2) is 19.7 Å². The van der Waals surface area contributed by atoms with E-state index in [1.807, 2.05) is 0 Å². The monoisotopic (exact) mass is 233 g/mol. The Morgan fingerprint density at radius 3 is 3.19 bits per heavy atom. The van der Waals surface area contributed by atoms with E-state index in [2.05, 4.69) is 21.1 Å². The minimum absolute atomic E-state index is 0.173. The SMILES string of the molecule is N#C[C@@H]1C[C@H]1Cn1ncc2ncc(Cl)nc21. The van der Waals surface area contributed by atoms with E-state index < -0.39 is 0 Å². The van der Waals surface area contributed by atoms with Crippen LogP contribution in [-0.2, 0) is 6.54 Å². The zero-order valence-electron chi connectivity index (χ0n) is 8.34.